The van der Waals surface area contributed by atoms with Gasteiger partial charge in [0.2, 0.25) is 0 Å². The maximum Gasteiger partial charge on any atom is 0.358 e. The van der Waals surface area contributed by atoms with Gasteiger partial charge in [-0.25, -0.2) is 9.48 Å². The van der Waals surface area contributed by atoms with Crippen LogP contribution in [0.5, 0.6) is 0 Å². The lowest BCUT2D eigenvalue weighted by Gasteiger charge is -2.05. The molecule has 5 heteroatoms. The highest BCUT2D eigenvalue weighted by atomic mass is 16.4. The lowest BCUT2D eigenvalue weighted by molar-refractivity contribution is 0.0690. The number of benzene rings is 1. The first-order valence-electron chi connectivity index (χ1n) is 6.46. The molecule has 0 spiro atoms. The SMILES string of the molecule is CCc1ccc(-n2nnc(C(=O)O)c2C=C(C)C)cc1. The van der Waals surface area contributed by atoms with Crippen molar-refractivity contribution in [1.29, 1.82) is 0 Å². The summed E-state index contributed by atoms with van der Waals surface area (Å²) in [6, 6.07) is 7.84. The first-order chi connectivity index (χ1) is 9.52. The highest BCUT2D eigenvalue weighted by molar-refractivity contribution is 5.89. The van der Waals surface area contributed by atoms with E-state index in [0.29, 0.717) is 5.69 Å². The highest BCUT2D eigenvalue weighted by Gasteiger charge is 2.18. The molecule has 1 aromatic heterocycles. The smallest absolute Gasteiger partial charge is 0.358 e. The average molecular weight is 271 g/mol. The van der Waals surface area contributed by atoms with Crippen molar-refractivity contribution < 1.29 is 9.90 Å². The predicted molar refractivity (Wildman–Crippen MR) is 77.0 cm³/mol. The molecule has 0 aliphatic heterocycles. The molecule has 0 atom stereocenters. The van der Waals surface area contributed by atoms with Crippen LogP contribution in [0.15, 0.2) is 29.8 Å². The van der Waals surface area contributed by atoms with E-state index in [-0.39, 0.29) is 5.69 Å². The number of rotatable bonds is 4. The minimum absolute atomic E-state index is 0.0363. The molecule has 0 fully saturated rings. The summed E-state index contributed by atoms with van der Waals surface area (Å²) in [6.07, 6.45) is 2.73. The van der Waals surface area contributed by atoms with Gasteiger partial charge in [0.15, 0.2) is 5.69 Å². The fourth-order valence-electron chi connectivity index (χ4n) is 1.91. The summed E-state index contributed by atoms with van der Waals surface area (Å²) in [5.41, 5.74) is 3.46. The fraction of sp³-hybridized carbons (Fsp3) is 0.267. The van der Waals surface area contributed by atoms with Gasteiger partial charge < -0.3 is 5.11 Å². The molecule has 0 aliphatic rings. The van der Waals surface area contributed by atoms with Gasteiger partial charge in [0.1, 0.15) is 5.69 Å². The van der Waals surface area contributed by atoms with Gasteiger partial charge in [-0.15, -0.1) is 5.10 Å². The summed E-state index contributed by atoms with van der Waals surface area (Å²) >= 11 is 0. The van der Waals surface area contributed by atoms with Crippen molar-refractivity contribution in [2.24, 2.45) is 0 Å². The fourth-order valence-corrected chi connectivity index (χ4v) is 1.91. The summed E-state index contributed by atoms with van der Waals surface area (Å²) in [6.45, 7) is 5.90. The average Bonchev–Trinajstić information content (AvgIpc) is 2.82. The van der Waals surface area contributed by atoms with E-state index < -0.39 is 5.97 Å². The topological polar surface area (TPSA) is 68.0 Å². The zero-order chi connectivity index (χ0) is 14.7. The van der Waals surface area contributed by atoms with E-state index in [1.165, 1.54) is 5.56 Å². The van der Waals surface area contributed by atoms with Gasteiger partial charge in [0.25, 0.3) is 0 Å². The molecule has 1 heterocycles. The van der Waals surface area contributed by atoms with Crippen molar-refractivity contribution in [3.8, 4) is 5.69 Å². The van der Waals surface area contributed by atoms with Gasteiger partial charge in [0.05, 0.1) is 5.69 Å². The van der Waals surface area contributed by atoms with Gasteiger partial charge in [0, 0.05) is 0 Å². The number of nitrogens with zero attached hydrogens (tertiary/aromatic N) is 3. The number of carboxylic acids is 1. The molecule has 2 rings (SSSR count). The largest absolute Gasteiger partial charge is 0.476 e. The Kier molecular flexibility index (Phi) is 3.98. The summed E-state index contributed by atoms with van der Waals surface area (Å²) < 4.78 is 1.55. The molecular formula is C15H17N3O2. The second-order valence-corrected chi connectivity index (χ2v) is 4.78. The van der Waals surface area contributed by atoms with Crippen molar-refractivity contribution in [3.63, 3.8) is 0 Å². The quantitative estimate of drug-likeness (QED) is 0.928. The first kappa shape index (κ1) is 14.0. The van der Waals surface area contributed by atoms with Gasteiger partial charge >= 0.3 is 5.97 Å². The molecule has 0 bridgehead atoms. The van der Waals surface area contributed by atoms with Gasteiger partial charge in [-0.1, -0.05) is 29.8 Å². The molecule has 0 unspecified atom stereocenters. The Morgan fingerprint density at radius 1 is 1.30 bits per heavy atom. The number of allylic oxidation sites excluding steroid dienone is 1. The molecule has 0 radical (unpaired) electrons. The zero-order valence-corrected chi connectivity index (χ0v) is 11.8. The van der Waals surface area contributed by atoms with Crippen molar-refractivity contribution >= 4 is 12.0 Å². The third kappa shape index (κ3) is 2.77. The minimum atomic E-state index is -1.08. The van der Waals surface area contributed by atoms with Crippen LogP contribution in [0.25, 0.3) is 11.8 Å². The molecule has 0 saturated heterocycles. The maximum absolute atomic E-state index is 11.2. The Labute approximate surface area is 117 Å². The normalized spacial score (nSPS) is 10.3. The molecule has 104 valence electrons. The second kappa shape index (κ2) is 5.69. The van der Waals surface area contributed by atoms with Crippen LogP contribution in [-0.2, 0) is 6.42 Å². The molecule has 5 nitrogen and oxygen atoms in total. The number of aromatic carboxylic acids is 1. The number of aryl methyl sites for hydroxylation is 1. The van der Waals surface area contributed by atoms with Crippen molar-refractivity contribution in [2.75, 3.05) is 0 Å². The van der Waals surface area contributed by atoms with Crippen LogP contribution in [-0.4, -0.2) is 26.1 Å². The molecule has 0 saturated carbocycles. The van der Waals surface area contributed by atoms with Crippen molar-refractivity contribution in [2.45, 2.75) is 27.2 Å². The summed E-state index contributed by atoms with van der Waals surface area (Å²) in [5, 5.41) is 16.9. The molecule has 0 aliphatic carbocycles. The monoisotopic (exact) mass is 271 g/mol. The van der Waals surface area contributed by atoms with Crippen LogP contribution >= 0.6 is 0 Å². The van der Waals surface area contributed by atoms with Gasteiger partial charge in [-0.2, -0.15) is 0 Å². The zero-order valence-electron chi connectivity index (χ0n) is 11.8. The summed E-state index contributed by atoms with van der Waals surface area (Å²) in [4.78, 5) is 11.2. The molecule has 1 aromatic carbocycles. The van der Waals surface area contributed by atoms with E-state index >= 15 is 0 Å². The van der Waals surface area contributed by atoms with Crippen LogP contribution in [0.4, 0.5) is 0 Å². The Morgan fingerprint density at radius 2 is 1.95 bits per heavy atom. The second-order valence-electron chi connectivity index (χ2n) is 4.78. The van der Waals surface area contributed by atoms with Crippen LogP contribution in [0.1, 0.15) is 42.5 Å². The maximum atomic E-state index is 11.2. The standard InChI is InChI=1S/C15H17N3O2/c1-4-11-5-7-12(8-6-11)18-13(9-10(2)3)14(15(19)20)16-17-18/h5-9H,4H2,1-3H3,(H,19,20). The van der Waals surface area contributed by atoms with Crippen LogP contribution in [0, 0.1) is 0 Å². The number of aromatic nitrogens is 3. The molecule has 2 aromatic rings. The lowest BCUT2D eigenvalue weighted by atomic mass is 10.1. The van der Waals surface area contributed by atoms with Crippen molar-refractivity contribution in [1.82, 2.24) is 15.0 Å². The van der Waals surface area contributed by atoms with E-state index in [0.717, 1.165) is 17.7 Å². The Balaban J connectivity index is 2.55. The highest BCUT2D eigenvalue weighted by Crippen LogP contribution is 2.17. The molecule has 20 heavy (non-hydrogen) atoms. The van der Waals surface area contributed by atoms with Crippen LogP contribution in [0.2, 0.25) is 0 Å². The van der Waals surface area contributed by atoms with E-state index in [2.05, 4.69) is 17.2 Å². The van der Waals surface area contributed by atoms with Gasteiger partial charge in [-0.05, 0) is 44.0 Å². The van der Waals surface area contributed by atoms with E-state index in [1.54, 1.807) is 10.8 Å². The molecular weight excluding hydrogens is 254 g/mol. The minimum Gasteiger partial charge on any atom is -0.476 e. The Morgan fingerprint density at radius 3 is 2.45 bits per heavy atom. The van der Waals surface area contributed by atoms with E-state index in [4.69, 9.17) is 0 Å². The third-order valence-corrected chi connectivity index (χ3v) is 2.92. The van der Waals surface area contributed by atoms with E-state index in [9.17, 15) is 9.90 Å². The molecule has 1 N–H and O–H groups in total. The van der Waals surface area contributed by atoms with Gasteiger partial charge in [-0.3, -0.25) is 0 Å². The lowest BCUT2D eigenvalue weighted by Crippen LogP contribution is -2.03. The Hall–Kier alpha value is -2.43. The summed E-state index contributed by atoms with van der Waals surface area (Å²) in [5.74, 6) is -1.08. The van der Waals surface area contributed by atoms with Crippen LogP contribution in [0.3, 0.4) is 0 Å². The van der Waals surface area contributed by atoms with Crippen molar-refractivity contribution in [3.05, 3.63) is 46.8 Å². The molecule has 0 amide bonds. The first-order valence-corrected chi connectivity index (χ1v) is 6.46. The number of carbonyl (C=O) groups is 1. The third-order valence-electron chi connectivity index (χ3n) is 2.92. The van der Waals surface area contributed by atoms with E-state index in [1.807, 2.05) is 38.1 Å². The van der Waals surface area contributed by atoms with Crippen LogP contribution < -0.4 is 0 Å². The number of hydrogen-bond acceptors (Lipinski definition) is 3. The predicted octanol–water partition coefficient (Wildman–Crippen LogP) is 2.95. The number of hydrogen-bond donors (Lipinski definition) is 1. The summed E-state index contributed by atoms with van der Waals surface area (Å²) in [7, 11) is 0. The Bertz CT molecular complexity index is 650. The number of carboxylic acid groups (broad SMARTS) is 1.